The molecular formula is C16H14Cl2F2. The molecule has 0 aliphatic carbocycles. The normalized spacial score (nSPS) is 12.4. The zero-order valence-corrected chi connectivity index (χ0v) is 12.3. The third-order valence-corrected chi connectivity index (χ3v) is 3.83. The van der Waals surface area contributed by atoms with Gasteiger partial charge in [0.1, 0.15) is 11.6 Å². The van der Waals surface area contributed by atoms with Crippen LogP contribution in [0, 0.1) is 17.6 Å². The minimum Gasteiger partial charge on any atom is -0.207 e. The summed E-state index contributed by atoms with van der Waals surface area (Å²) in [6, 6.07) is 11.0. The van der Waals surface area contributed by atoms with Crippen LogP contribution >= 0.6 is 23.2 Å². The van der Waals surface area contributed by atoms with Gasteiger partial charge in [-0.3, -0.25) is 0 Å². The molecule has 106 valence electrons. The van der Waals surface area contributed by atoms with E-state index in [9.17, 15) is 8.78 Å². The highest BCUT2D eigenvalue weighted by Crippen LogP contribution is 2.21. The van der Waals surface area contributed by atoms with Gasteiger partial charge in [0.15, 0.2) is 0 Å². The van der Waals surface area contributed by atoms with Gasteiger partial charge >= 0.3 is 0 Å². The third-order valence-electron chi connectivity index (χ3n) is 3.16. The van der Waals surface area contributed by atoms with Crippen molar-refractivity contribution >= 4 is 23.2 Å². The Morgan fingerprint density at radius 1 is 1.00 bits per heavy atom. The van der Waals surface area contributed by atoms with Crippen molar-refractivity contribution in [1.82, 2.24) is 0 Å². The molecule has 0 nitrogen and oxygen atoms in total. The molecule has 1 unspecified atom stereocenters. The first-order valence-corrected chi connectivity index (χ1v) is 7.24. The number of hydrogen-bond acceptors (Lipinski definition) is 0. The van der Waals surface area contributed by atoms with Gasteiger partial charge in [0.05, 0.1) is 0 Å². The maximum atomic E-state index is 13.8. The zero-order valence-electron chi connectivity index (χ0n) is 10.8. The second-order valence-corrected chi connectivity index (χ2v) is 5.54. The molecule has 1 atom stereocenters. The summed E-state index contributed by atoms with van der Waals surface area (Å²) in [5.74, 6) is -0.159. The van der Waals surface area contributed by atoms with Crippen LogP contribution in [0.4, 0.5) is 8.78 Å². The number of hydrogen-bond donors (Lipinski definition) is 0. The van der Waals surface area contributed by atoms with Gasteiger partial charge < -0.3 is 0 Å². The Hall–Kier alpha value is -1.12. The lowest BCUT2D eigenvalue weighted by Gasteiger charge is -2.15. The van der Waals surface area contributed by atoms with Gasteiger partial charge in [-0.05, 0) is 54.2 Å². The number of halogens is 4. The molecular weight excluding hydrogens is 301 g/mol. The van der Waals surface area contributed by atoms with E-state index in [4.69, 9.17) is 23.2 Å². The van der Waals surface area contributed by atoms with Crippen LogP contribution in [0.15, 0.2) is 42.5 Å². The smallest absolute Gasteiger partial charge is 0.127 e. The molecule has 0 amide bonds. The first-order valence-electron chi connectivity index (χ1n) is 6.33. The van der Waals surface area contributed by atoms with Crippen molar-refractivity contribution in [3.63, 3.8) is 0 Å². The second-order valence-electron chi connectivity index (χ2n) is 4.79. The minimum absolute atomic E-state index is 0.0501. The lowest BCUT2D eigenvalue weighted by atomic mass is 9.94. The standard InChI is InChI=1S/C16H14Cl2F2/c17-10-12(6-11-2-1-3-15(19)8-11)7-13-4-5-14(18)9-16(13)20/h1-5,8-9,12H,6-7,10H2. The molecule has 0 fully saturated rings. The largest absolute Gasteiger partial charge is 0.207 e. The molecule has 4 heteroatoms. The summed E-state index contributed by atoms with van der Waals surface area (Å²) < 4.78 is 26.9. The Labute approximate surface area is 127 Å². The monoisotopic (exact) mass is 314 g/mol. The van der Waals surface area contributed by atoms with Crippen LogP contribution in [0.5, 0.6) is 0 Å². The summed E-state index contributed by atoms with van der Waals surface area (Å²) in [5, 5.41) is 0.374. The van der Waals surface area contributed by atoms with Gasteiger partial charge in [-0.15, -0.1) is 11.6 Å². The van der Waals surface area contributed by atoms with Crippen LogP contribution in [-0.2, 0) is 12.8 Å². The molecule has 0 saturated carbocycles. The van der Waals surface area contributed by atoms with E-state index in [-0.39, 0.29) is 17.6 Å². The molecule has 20 heavy (non-hydrogen) atoms. The van der Waals surface area contributed by atoms with E-state index in [0.717, 1.165) is 5.56 Å². The summed E-state index contributed by atoms with van der Waals surface area (Å²) in [4.78, 5) is 0. The van der Waals surface area contributed by atoms with Gasteiger partial charge in [0.25, 0.3) is 0 Å². The van der Waals surface area contributed by atoms with Crippen LogP contribution in [-0.4, -0.2) is 5.88 Å². The molecule has 0 saturated heterocycles. The summed E-state index contributed by atoms with van der Waals surface area (Å²) in [6.07, 6.45) is 1.12. The molecule has 0 aromatic heterocycles. The molecule has 2 rings (SSSR count). The SMILES string of the molecule is Fc1cccc(CC(CCl)Cc2ccc(Cl)cc2F)c1. The zero-order chi connectivity index (χ0) is 14.5. The highest BCUT2D eigenvalue weighted by molar-refractivity contribution is 6.30. The lowest BCUT2D eigenvalue weighted by Crippen LogP contribution is -2.11. The topological polar surface area (TPSA) is 0 Å². The van der Waals surface area contributed by atoms with Crippen molar-refractivity contribution in [3.05, 3.63) is 70.2 Å². The van der Waals surface area contributed by atoms with Crippen molar-refractivity contribution in [3.8, 4) is 0 Å². The number of alkyl halides is 1. The van der Waals surface area contributed by atoms with Crippen molar-refractivity contribution in [2.45, 2.75) is 12.8 Å². The minimum atomic E-state index is -0.327. The first-order chi connectivity index (χ1) is 9.58. The summed E-state index contributed by atoms with van der Waals surface area (Å²) in [7, 11) is 0. The van der Waals surface area contributed by atoms with E-state index in [1.165, 1.54) is 18.2 Å². The van der Waals surface area contributed by atoms with E-state index in [2.05, 4.69) is 0 Å². The fourth-order valence-corrected chi connectivity index (χ4v) is 2.55. The molecule has 0 spiro atoms. The van der Waals surface area contributed by atoms with Crippen LogP contribution in [0.1, 0.15) is 11.1 Å². The fraction of sp³-hybridized carbons (Fsp3) is 0.250. The van der Waals surface area contributed by atoms with E-state index in [1.807, 2.05) is 6.07 Å². The van der Waals surface area contributed by atoms with E-state index < -0.39 is 0 Å². The van der Waals surface area contributed by atoms with Crippen molar-refractivity contribution in [2.24, 2.45) is 5.92 Å². The van der Waals surface area contributed by atoms with E-state index in [1.54, 1.807) is 18.2 Å². The third kappa shape index (κ3) is 4.19. The Bertz CT molecular complexity index is 584. The van der Waals surface area contributed by atoms with Crippen LogP contribution in [0.2, 0.25) is 5.02 Å². The maximum absolute atomic E-state index is 13.8. The van der Waals surface area contributed by atoms with Gasteiger partial charge in [0, 0.05) is 10.9 Å². The molecule has 0 bridgehead atoms. The number of benzene rings is 2. The van der Waals surface area contributed by atoms with Crippen molar-refractivity contribution in [1.29, 1.82) is 0 Å². The average molecular weight is 315 g/mol. The molecule has 0 aliphatic rings. The Balaban J connectivity index is 2.09. The van der Waals surface area contributed by atoms with E-state index >= 15 is 0 Å². The Morgan fingerprint density at radius 2 is 1.80 bits per heavy atom. The van der Waals surface area contributed by atoms with Crippen LogP contribution in [0.25, 0.3) is 0 Å². The van der Waals surface area contributed by atoms with Crippen molar-refractivity contribution < 1.29 is 8.78 Å². The number of rotatable bonds is 5. The van der Waals surface area contributed by atoms with Gasteiger partial charge in [-0.25, -0.2) is 8.78 Å². The van der Waals surface area contributed by atoms with Crippen LogP contribution < -0.4 is 0 Å². The average Bonchev–Trinajstić information content (AvgIpc) is 2.41. The molecule has 2 aromatic carbocycles. The molecule has 0 radical (unpaired) electrons. The van der Waals surface area contributed by atoms with E-state index in [0.29, 0.717) is 29.3 Å². The predicted molar refractivity (Wildman–Crippen MR) is 79.4 cm³/mol. The lowest BCUT2D eigenvalue weighted by molar-refractivity contribution is 0.544. The van der Waals surface area contributed by atoms with Gasteiger partial charge in [-0.1, -0.05) is 29.8 Å². The summed E-state index contributed by atoms with van der Waals surface area (Å²) in [5.41, 5.74) is 1.45. The van der Waals surface area contributed by atoms with Gasteiger partial charge in [-0.2, -0.15) is 0 Å². The predicted octanol–water partition coefficient (Wildman–Crippen LogP) is 5.26. The van der Waals surface area contributed by atoms with Crippen LogP contribution in [0.3, 0.4) is 0 Å². The molecule has 0 N–H and O–H groups in total. The second kappa shape index (κ2) is 7.05. The maximum Gasteiger partial charge on any atom is 0.127 e. The molecule has 0 aliphatic heterocycles. The Kier molecular flexibility index (Phi) is 5.38. The highest BCUT2D eigenvalue weighted by atomic mass is 35.5. The highest BCUT2D eigenvalue weighted by Gasteiger charge is 2.13. The molecule has 0 heterocycles. The first kappa shape index (κ1) is 15.3. The summed E-state index contributed by atoms with van der Waals surface area (Å²) in [6.45, 7) is 0. The van der Waals surface area contributed by atoms with Crippen molar-refractivity contribution in [2.75, 3.05) is 5.88 Å². The molecule has 2 aromatic rings. The van der Waals surface area contributed by atoms with Gasteiger partial charge in [0.2, 0.25) is 0 Å². The Morgan fingerprint density at radius 3 is 2.45 bits per heavy atom. The fourth-order valence-electron chi connectivity index (χ4n) is 2.18. The quantitative estimate of drug-likeness (QED) is 0.660. The summed E-state index contributed by atoms with van der Waals surface area (Å²) >= 11 is 11.7.